The highest BCUT2D eigenvalue weighted by molar-refractivity contribution is 5.89. The van der Waals surface area contributed by atoms with Gasteiger partial charge in [0, 0.05) is 31.0 Å². The number of carbonyl (C=O) groups excluding carboxylic acids is 1. The minimum Gasteiger partial charge on any atom is -0.488 e. The van der Waals surface area contributed by atoms with Crippen molar-refractivity contribution in [3.63, 3.8) is 0 Å². The van der Waals surface area contributed by atoms with Gasteiger partial charge in [0.25, 0.3) is 0 Å². The van der Waals surface area contributed by atoms with E-state index < -0.39 is 0 Å². The lowest BCUT2D eigenvalue weighted by Crippen LogP contribution is -2.33. The van der Waals surface area contributed by atoms with E-state index in [-0.39, 0.29) is 17.7 Å². The Kier molecular flexibility index (Phi) is 4.70. The summed E-state index contributed by atoms with van der Waals surface area (Å²) in [4.78, 5) is 14.4. The fourth-order valence-electron chi connectivity index (χ4n) is 2.97. The third-order valence-electron chi connectivity index (χ3n) is 4.06. The lowest BCUT2D eigenvalue weighted by molar-refractivity contribution is 0.131. The number of urea groups is 1. The van der Waals surface area contributed by atoms with E-state index in [4.69, 9.17) is 4.74 Å². The van der Waals surface area contributed by atoms with E-state index in [1.807, 2.05) is 73.9 Å². The first-order chi connectivity index (χ1) is 11.8. The quantitative estimate of drug-likeness (QED) is 0.922. The van der Waals surface area contributed by atoms with Crippen LogP contribution in [-0.4, -0.2) is 39.4 Å². The van der Waals surface area contributed by atoms with E-state index in [0.717, 1.165) is 30.0 Å². The number of carbonyl (C=O) groups is 1. The number of ether oxygens (including phenoxy) is 1. The summed E-state index contributed by atoms with van der Waals surface area (Å²) in [5.74, 6) is 0.747. The monoisotopic (exact) mass is 342 g/mol. The number of aryl methyl sites for hydroxylation is 1. The van der Waals surface area contributed by atoms with Gasteiger partial charge in [0.15, 0.2) is 0 Å². The molecule has 1 aromatic carbocycles. The number of aromatic nitrogens is 2. The Morgan fingerprint density at radius 2 is 2.16 bits per heavy atom. The van der Waals surface area contributed by atoms with Crippen LogP contribution in [0.3, 0.4) is 0 Å². The Morgan fingerprint density at radius 3 is 2.84 bits per heavy atom. The van der Waals surface area contributed by atoms with Gasteiger partial charge in [0.2, 0.25) is 0 Å². The van der Waals surface area contributed by atoms with Crippen LogP contribution in [0, 0.1) is 6.92 Å². The summed E-state index contributed by atoms with van der Waals surface area (Å²) in [5, 5.41) is 7.33. The molecular formula is C19H26N4O2. The highest BCUT2D eigenvalue weighted by Gasteiger charge is 2.28. The summed E-state index contributed by atoms with van der Waals surface area (Å²) in [6.07, 6.45) is 4.80. The molecule has 1 N–H and O–H groups in total. The van der Waals surface area contributed by atoms with E-state index in [1.165, 1.54) is 0 Å². The number of nitrogens with zero attached hydrogens (tertiary/aromatic N) is 3. The summed E-state index contributed by atoms with van der Waals surface area (Å²) in [5.41, 5.74) is 1.61. The Hall–Kier alpha value is -2.50. The van der Waals surface area contributed by atoms with Crippen LogP contribution in [0.15, 0.2) is 36.7 Å². The maximum Gasteiger partial charge on any atom is 0.321 e. The number of likely N-dealkylation sites (tertiary alicyclic amines) is 1. The predicted molar refractivity (Wildman–Crippen MR) is 98.0 cm³/mol. The molecule has 1 aliphatic heterocycles. The molecule has 1 saturated heterocycles. The largest absolute Gasteiger partial charge is 0.488 e. The van der Waals surface area contributed by atoms with Crippen molar-refractivity contribution >= 4 is 11.7 Å². The second-order valence-corrected chi connectivity index (χ2v) is 7.56. The molecule has 0 saturated carbocycles. The maximum absolute atomic E-state index is 12.5. The van der Waals surface area contributed by atoms with Gasteiger partial charge in [0.05, 0.1) is 12.2 Å². The first-order valence-corrected chi connectivity index (χ1v) is 8.66. The predicted octanol–water partition coefficient (Wildman–Crippen LogP) is 3.85. The van der Waals surface area contributed by atoms with Gasteiger partial charge >= 0.3 is 6.03 Å². The molecule has 134 valence electrons. The van der Waals surface area contributed by atoms with Gasteiger partial charge in [-0.15, -0.1) is 0 Å². The van der Waals surface area contributed by atoms with Gasteiger partial charge in [-0.2, -0.15) is 5.10 Å². The lowest BCUT2D eigenvalue weighted by atomic mass is 10.2. The van der Waals surface area contributed by atoms with Gasteiger partial charge in [-0.3, -0.25) is 4.68 Å². The van der Waals surface area contributed by atoms with Crippen LogP contribution in [0.25, 0.3) is 0 Å². The molecule has 0 spiro atoms. The van der Waals surface area contributed by atoms with Crippen LogP contribution in [0.2, 0.25) is 0 Å². The Morgan fingerprint density at radius 1 is 1.36 bits per heavy atom. The molecule has 1 aliphatic rings. The van der Waals surface area contributed by atoms with Crippen molar-refractivity contribution in [3.05, 3.63) is 42.2 Å². The number of amides is 2. The number of benzene rings is 1. The number of anilines is 1. The zero-order chi connectivity index (χ0) is 18.0. The minimum absolute atomic E-state index is 0.0840. The average molecular weight is 342 g/mol. The molecule has 6 nitrogen and oxygen atoms in total. The molecule has 1 aromatic heterocycles. The lowest BCUT2D eigenvalue weighted by Gasteiger charge is -2.22. The fraction of sp³-hybridized carbons (Fsp3) is 0.474. The van der Waals surface area contributed by atoms with Crippen molar-refractivity contribution in [1.29, 1.82) is 0 Å². The van der Waals surface area contributed by atoms with Crippen LogP contribution in [0.1, 0.15) is 38.8 Å². The molecular weight excluding hydrogens is 316 g/mol. The SMILES string of the molecule is Cc1cnn(C2CCN(C(=O)Nc3cccc(OC(C)(C)C)c3)C2)c1. The first-order valence-electron chi connectivity index (χ1n) is 8.66. The van der Waals surface area contributed by atoms with Crippen molar-refractivity contribution in [3.8, 4) is 5.75 Å². The average Bonchev–Trinajstić information content (AvgIpc) is 3.14. The molecule has 2 amide bonds. The molecule has 2 heterocycles. The summed E-state index contributed by atoms with van der Waals surface area (Å²) < 4.78 is 7.81. The molecule has 1 unspecified atom stereocenters. The normalized spacial score (nSPS) is 17.6. The molecule has 1 atom stereocenters. The van der Waals surface area contributed by atoms with Crippen molar-refractivity contribution in [2.75, 3.05) is 18.4 Å². The Labute approximate surface area is 148 Å². The van der Waals surface area contributed by atoms with Crippen molar-refractivity contribution < 1.29 is 9.53 Å². The van der Waals surface area contributed by atoms with Crippen LogP contribution in [-0.2, 0) is 0 Å². The first kappa shape index (κ1) is 17.3. The second-order valence-electron chi connectivity index (χ2n) is 7.56. The smallest absolute Gasteiger partial charge is 0.321 e. The summed E-state index contributed by atoms with van der Waals surface area (Å²) in [7, 11) is 0. The highest BCUT2D eigenvalue weighted by atomic mass is 16.5. The molecule has 1 fully saturated rings. The van der Waals surface area contributed by atoms with E-state index in [2.05, 4.69) is 10.4 Å². The van der Waals surface area contributed by atoms with Crippen LogP contribution >= 0.6 is 0 Å². The molecule has 25 heavy (non-hydrogen) atoms. The molecule has 0 bridgehead atoms. The zero-order valence-electron chi connectivity index (χ0n) is 15.3. The zero-order valence-corrected chi connectivity index (χ0v) is 15.3. The molecule has 0 radical (unpaired) electrons. The van der Waals surface area contributed by atoms with Gasteiger partial charge in [0.1, 0.15) is 11.4 Å². The number of nitrogens with one attached hydrogen (secondary N) is 1. The van der Waals surface area contributed by atoms with Crippen LogP contribution in [0.5, 0.6) is 5.75 Å². The minimum atomic E-state index is -0.271. The number of hydrogen-bond acceptors (Lipinski definition) is 3. The van der Waals surface area contributed by atoms with Gasteiger partial charge in [-0.05, 0) is 51.8 Å². The molecule has 2 aromatic rings. The third kappa shape index (κ3) is 4.53. The van der Waals surface area contributed by atoms with E-state index in [0.29, 0.717) is 6.54 Å². The topological polar surface area (TPSA) is 59.4 Å². The molecule has 0 aliphatic carbocycles. The van der Waals surface area contributed by atoms with Crippen molar-refractivity contribution in [2.45, 2.75) is 45.8 Å². The third-order valence-corrected chi connectivity index (χ3v) is 4.06. The standard InChI is InChI=1S/C19H26N4O2/c1-14-11-20-23(12-14)16-8-9-22(13-16)18(24)21-15-6-5-7-17(10-15)25-19(2,3)4/h5-7,10-12,16H,8-9,13H2,1-4H3,(H,21,24). The van der Waals surface area contributed by atoms with Crippen LogP contribution in [0.4, 0.5) is 10.5 Å². The number of rotatable bonds is 3. The van der Waals surface area contributed by atoms with E-state index in [1.54, 1.807) is 0 Å². The number of hydrogen-bond donors (Lipinski definition) is 1. The van der Waals surface area contributed by atoms with Gasteiger partial charge in [-0.1, -0.05) is 6.07 Å². The summed E-state index contributed by atoms with van der Waals surface area (Å²) in [6.45, 7) is 9.42. The van der Waals surface area contributed by atoms with Gasteiger partial charge < -0.3 is 15.0 Å². The van der Waals surface area contributed by atoms with E-state index in [9.17, 15) is 4.79 Å². The van der Waals surface area contributed by atoms with Crippen molar-refractivity contribution in [2.24, 2.45) is 0 Å². The Bertz CT molecular complexity index is 748. The summed E-state index contributed by atoms with van der Waals surface area (Å²) in [6, 6.07) is 7.67. The summed E-state index contributed by atoms with van der Waals surface area (Å²) >= 11 is 0. The fourth-order valence-corrected chi connectivity index (χ4v) is 2.97. The van der Waals surface area contributed by atoms with Crippen molar-refractivity contribution in [1.82, 2.24) is 14.7 Å². The van der Waals surface area contributed by atoms with Crippen LogP contribution < -0.4 is 10.1 Å². The van der Waals surface area contributed by atoms with Gasteiger partial charge in [-0.25, -0.2) is 4.79 Å². The highest BCUT2D eigenvalue weighted by Crippen LogP contribution is 2.24. The maximum atomic E-state index is 12.5. The Balaban J connectivity index is 1.60. The molecule has 6 heteroatoms. The van der Waals surface area contributed by atoms with E-state index >= 15 is 0 Å². The molecule has 3 rings (SSSR count). The second kappa shape index (κ2) is 6.78.